The van der Waals surface area contributed by atoms with E-state index < -0.39 is 0 Å². The summed E-state index contributed by atoms with van der Waals surface area (Å²) >= 11 is 0. The molecule has 0 aromatic heterocycles. The molecule has 0 saturated heterocycles. The van der Waals surface area contributed by atoms with E-state index in [0.29, 0.717) is 0 Å². The van der Waals surface area contributed by atoms with Crippen LogP contribution in [0.25, 0.3) is 0 Å². The topological polar surface area (TPSA) is 26.3 Å². The molecule has 0 aromatic carbocycles. The van der Waals surface area contributed by atoms with Crippen LogP contribution in [-0.4, -0.2) is 5.97 Å². The fourth-order valence-electron chi connectivity index (χ4n) is 1.40. The van der Waals surface area contributed by atoms with Crippen LogP contribution in [0, 0.1) is 6.61 Å². The zero-order chi connectivity index (χ0) is 11.4. The summed E-state index contributed by atoms with van der Waals surface area (Å²) in [5.74, 6) is -0.223. The fourth-order valence-corrected chi connectivity index (χ4v) is 1.40. The van der Waals surface area contributed by atoms with Crippen LogP contribution in [-0.2, 0) is 9.53 Å². The molecule has 0 N–H and O–H groups in total. The van der Waals surface area contributed by atoms with Crippen molar-refractivity contribution in [1.82, 2.24) is 0 Å². The molecule has 0 spiro atoms. The number of hydrogen-bond donors (Lipinski definition) is 0. The summed E-state index contributed by atoms with van der Waals surface area (Å²) in [5, 5.41) is 0. The summed E-state index contributed by atoms with van der Waals surface area (Å²) in [7, 11) is 0. The minimum absolute atomic E-state index is 0.223. The second-order valence-electron chi connectivity index (χ2n) is 3.76. The lowest BCUT2D eigenvalue weighted by Gasteiger charge is -2.01. The van der Waals surface area contributed by atoms with E-state index in [-0.39, 0.29) is 5.97 Å². The van der Waals surface area contributed by atoms with Gasteiger partial charge in [-0.2, -0.15) is 0 Å². The summed E-state index contributed by atoms with van der Waals surface area (Å²) in [5.41, 5.74) is 0. The third-order valence-corrected chi connectivity index (χ3v) is 2.23. The summed E-state index contributed by atoms with van der Waals surface area (Å²) in [6, 6.07) is 0. The molecular formula is C13H23O2. The maximum absolute atomic E-state index is 10.4. The quantitative estimate of drug-likeness (QED) is 0.310. The molecule has 15 heavy (non-hydrogen) atoms. The number of ether oxygens (including phenoxy) is 1. The molecule has 0 rings (SSSR count). The molecule has 0 aliphatic carbocycles. The number of rotatable bonds is 10. The fraction of sp³-hybridized carbons (Fsp3) is 0.692. The van der Waals surface area contributed by atoms with Gasteiger partial charge in [-0.1, -0.05) is 31.8 Å². The lowest BCUT2D eigenvalue weighted by molar-refractivity contribution is -0.137. The molecule has 0 heterocycles. The molecule has 2 nitrogen and oxygen atoms in total. The number of esters is 1. The van der Waals surface area contributed by atoms with E-state index in [9.17, 15) is 4.79 Å². The lowest BCUT2D eigenvalue weighted by atomic mass is 10.1. The van der Waals surface area contributed by atoms with E-state index in [4.69, 9.17) is 4.74 Å². The normalized spacial score (nSPS) is 9.93. The van der Waals surface area contributed by atoms with Crippen molar-refractivity contribution in [2.45, 2.75) is 58.3 Å². The van der Waals surface area contributed by atoms with Crippen molar-refractivity contribution >= 4 is 5.97 Å². The molecular weight excluding hydrogens is 188 g/mol. The van der Waals surface area contributed by atoms with E-state index in [1.807, 2.05) is 6.08 Å². The number of hydrogen-bond acceptors (Lipinski definition) is 2. The van der Waals surface area contributed by atoms with Crippen LogP contribution in [0.2, 0.25) is 0 Å². The molecule has 0 atom stereocenters. The number of carbonyl (C=O) groups is 1. The molecule has 0 saturated carbocycles. The second kappa shape index (κ2) is 11.3. The predicted molar refractivity (Wildman–Crippen MR) is 63.2 cm³/mol. The van der Waals surface area contributed by atoms with Gasteiger partial charge in [-0.25, -0.2) is 0 Å². The van der Waals surface area contributed by atoms with Crippen LogP contribution in [0.1, 0.15) is 58.3 Å². The molecule has 0 amide bonds. The Balaban J connectivity index is 2.92. The molecule has 0 bridgehead atoms. The molecule has 1 radical (unpaired) electrons. The van der Waals surface area contributed by atoms with Crippen LogP contribution in [0.15, 0.2) is 12.7 Å². The zero-order valence-corrected chi connectivity index (χ0v) is 9.84. The highest BCUT2D eigenvalue weighted by molar-refractivity contribution is 5.66. The van der Waals surface area contributed by atoms with Gasteiger partial charge in [0.25, 0.3) is 0 Å². The maximum atomic E-state index is 10.4. The van der Waals surface area contributed by atoms with Gasteiger partial charge in [-0.3, -0.25) is 4.79 Å². The Kier molecular flexibility index (Phi) is 10.7. The smallest absolute Gasteiger partial charge is 0.303 e. The van der Waals surface area contributed by atoms with Crippen LogP contribution in [0.5, 0.6) is 0 Å². The Bertz CT molecular complexity index is 164. The number of unbranched alkanes of at least 4 members (excludes halogenated alkanes) is 7. The van der Waals surface area contributed by atoms with Crippen LogP contribution in [0.4, 0.5) is 0 Å². The van der Waals surface area contributed by atoms with Crippen LogP contribution >= 0.6 is 0 Å². The summed E-state index contributed by atoms with van der Waals surface area (Å²) in [4.78, 5) is 10.4. The van der Waals surface area contributed by atoms with Gasteiger partial charge in [-0.15, -0.1) is 6.58 Å². The van der Waals surface area contributed by atoms with Gasteiger partial charge in [0.1, 0.15) is 6.61 Å². The third-order valence-electron chi connectivity index (χ3n) is 2.23. The van der Waals surface area contributed by atoms with Crippen molar-refractivity contribution in [1.29, 1.82) is 0 Å². The van der Waals surface area contributed by atoms with Crippen molar-refractivity contribution in [2.75, 3.05) is 0 Å². The predicted octanol–water partition coefficient (Wildman–Crippen LogP) is 4.02. The van der Waals surface area contributed by atoms with Gasteiger partial charge in [-0.05, 0) is 25.7 Å². The first-order valence-electron chi connectivity index (χ1n) is 5.87. The molecule has 0 aliphatic heterocycles. The monoisotopic (exact) mass is 211 g/mol. The summed E-state index contributed by atoms with van der Waals surface area (Å²) in [6.07, 6.45) is 11.5. The highest BCUT2D eigenvalue weighted by atomic mass is 16.5. The number of allylic oxidation sites excluding steroid dienone is 1. The highest BCUT2D eigenvalue weighted by Crippen LogP contribution is 2.09. The number of carbonyl (C=O) groups excluding carboxylic acids is 1. The average Bonchev–Trinajstić information content (AvgIpc) is 2.20. The standard InChI is InChI=1S/C13H23O2/c1-3-4-5-6-7-8-9-10-11-12-15-13(2)14/h3,12H,1,4-11H2,2H3. The van der Waals surface area contributed by atoms with Crippen LogP contribution < -0.4 is 0 Å². The molecule has 0 unspecified atom stereocenters. The summed E-state index contributed by atoms with van der Waals surface area (Å²) in [6.45, 7) is 6.73. The van der Waals surface area contributed by atoms with Crippen molar-refractivity contribution in [3.63, 3.8) is 0 Å². The zero-order valence-electron chi connectivity index (χ0n) is 9.84. The van der Waals surface area contributed by atoms with Crippen LogP contribution in [0.3, 0.4) is 0 Å². The van der Waals surface area contributed by atoms with E-state index in [1.165, 1.54) is 39.0 Å². The van der Waals surface area contributed by atoms with Gasteiger partial charge in [0.15, 0.2) is 0 Å². The van der Waals surface area contributed by atoms with Gasteiger partial charge in [0.2, 0.25) is 0 Å². The van der Waals surface area contributed by atoms with Gasteiger partial charge in [0, 0.05) is 6.92 Å². The third kappa shape index (κ3) is 13.2. The maximum Gasteiger partial charge on any atom is 0.303 e. The molecule has 0 fully saturated rings. The van der Waals surface area contributed by atoms with Crippen molar-refractivity contribution < 1.29 is 9.53 Å². The second-order valence-corrected chi connectivity index (χ2v) is 3.76. The summed E-state index contributed by atoms with van der Waals surface area (Å²) < 4.78 is 4.73. The Morgan fingerprint density at radius 3 is 2.13 bits per heavy atom. The van der Waals surface area contributed by atoms with E-state index in [0.717, 1.165) is 19.3 Å². The van der Waals surface area contributed by atoms with Crippen molar-refractivity contribution in [2.24, 2.45) is 0 Å². The van der Waals surface area contributed by atoms with E-state index in [2.05, 4.69) is 6.58 Å². The highest BCUT2D eigenvalue weighted by Gasteiger charge is 1.94. The largest absolute Gasteiger partial charge is 0.459 e. The Labute approximate surface area is 93.7 Å². The van der Waals surface area contributed by atoms with E-state index >= 15 is 0 Å². The Morgan fingerprint density at radius 2 is 1.60 bits per heavy atom. The first-order valence-corrected chi connectivity index (χ1v) is 5.87. The van der Waals surface area contributed by atoms with Crippen molar-refractivity contribution in [3.8, 4) is 0 Å². The minimum atomic E-state index is -0.223. The van der Waals surface area contributed by atoms with E-state index in [1.54, 1.807) is 6.61 Å². The lowest BCUT2D eigenvalue weighted by Crippen LogP contribution is -1.94. The Hall–Kier alpha value is -0.790. The molecule has 0 aromatic rings. The van der Waals surface area contributed by atoms with Gasteiger partial charge < -0.3 is 4.74 Å². The molecule has 87 valence electrons. The van der Waals surface area contributed by atoms with Gasteiger partial charge in [0.05, 0.1) is 0 Å². The molecule has 2 heteroatoms. The minimum Gasteiger partial charge on any atom is -0.459 e. The molecule has 0 aliphatic rings. The average molecular weight is 211 g/mol. The van der Waals surface area contributed by atoms with Gasteiger partial charge >= 0.3 is 5.97 Å². The SMILES string of the molecule is C=CCCCCCCCC[CH]OC(C)=O. The Morgan fingerprint density at radius 1 is 1.07 bits per heavy atom. The first-order chi connectivity index (χ1) is 7.27. The van der Waals surface area contributed by atoms with Crippen molar-refractivity contribution in [3.05, 3.63) is 19.3 Å². The first kappa shape index (κ1) is 14.2.